The molecule has 20 heavy (non-hydrogen) atoms. The summed E-state index contributed by atoms with van der Waals surface area (Å²) in [6.07, 6.45) is 1.86. The highest BCUT2D eigenvalue weighted by atomic mass is 35.5. The maximum Gasteiger partial charge on any atom is 0.225 e. The van der Waals surface area contributed by atoms with Crippen molar-refractivity contribution in [1.29, 1.82) is 0 Å². The van der Waals surface area contributed by atoms with Gasteiger partial charge in [-0.05, 0) is 37.1 Å². The monoisotopic (exact) mass is 319 g/mol. The Hall–Kier alpha value is -1.13. The lowest BCUT2D eigenvalue weighted by Gasteiger charge is -2.34. The molecule has 0 radical (unpaired) electrons. The van der Waals surface area contributed by atoms with Gasteiger partial charge in [0, 0.05) is 44.5 Å². The molecule has 1 aromatic rings. The molecule has 114 valence electrons. The van der Waals surface area contributed by atoms with Crippen molar-refractivity contribution in [3.63, 3.8) is 0 Å². The van der Waals surface area contributed by atoms with Gasteiger partial charge in [0.15, 0.2) is 0 Å². The number of hydrogen-bond acceptors (Lipinski definition) is 3. The Morgan fingerprint density at radius 1 is 1.15 bits per heavy atom. The van der Waals surface area contributed by atoms with Crippen molar-refractivity contribution in [1.82, 2.24) is 4.90 Å². The molecule has 1 amide bonds. The highest BCUT2D eigenvalue weighted by Crippen LogP contribution is 2.24. The fourth-order valence-corrected chi connectivity index (χ4v) is 2.43. The number of amides is 1. The first-order chi connectivity index (χ1) is 8.58. The van der Waals surface area contributed by atoms with E-state index < -0.39 is 0 Å². The van der Waals surface area contributed by atoms with Gasteiger partial charge in [0.1, 0.15) is 0 Å². The maximum absolute atomic E-state index is 11.9. The Morgan fingerprint density at radius 2 is 1.65 bits per heavy atom. The van der Waals surface area contributed by atoms with E-state index in [4.69, 9.17) is 5.73 Å². The Kier molecular flexibility index (Phi) is 7.76. The van der Waals surface area contributed by atoms with E-state index in [2.05, 4.69) is 4.90 Å². The summed E-state index contributed by atoms with van der Waals surface area (Å²) in [7, 11) is 3.66. The van der Waals surface area contributed by atoms with Gasteiger partial charge in [-0.3, -0.25) is 4.79 Å². The number of carbonyl (C=O) groups excluding carboxylic acids is 1. The summed E-state index contributed by atoms with van der Waals surface area (Å²) in [5, 5.41) is 0. The predicted molar refractivity (Wildman–Crippen MR) is 89.0 cm³/mol. The van der Waals surface area contributed by atoms with Crippen molar-refractivity contribution in [3.8, 4) is 0 Å². The van der Waals surface area contributed by atoms with Crippen molar-refractivity contribution in [2.45, 2.75) is 12.8 Å². The van der Waals surface area contributed by atoms with Gasteiger partial charge in [-0.25, -0.2) is 0 Å². The zero-order valence-electron chi connectivity index (χ0n) is 11.9. The molecule has 6 heteroatoms. The van der Waals surface area contributed by atoms with Gasteiger partial charge in [0.05, 0.1) is 0 Å². The number of piperidine rings is 1. The quantitative estimate of drug-likeness (QED) is 0.852. The minimum Gasteiger partial charge on any atom is -0.399 e. The van der Waals surface area contributed by atoms with Gasteiger partial charge < -0.3 is 15.5 Å². The maximum atomic E-state index is 11.9. The zero-order valence-corrected chi connectivity index (χ0v) is 13.5. The van der Waals surface area contributed by atoms with Crippen LogP contribution in [-0.2, 0) is 4.79 Å². The number of nitrogens with zero attached hydrogens (tertiary/aromatic N) is 2. The Labute approximate surface area is 133 Å². The third-order valence-corrected chi connectivity index (χ3v) is 3.54. The van der Waals surface area contributed by atoms with Crippen LogP contribution < -0.4 is 10.6 Å². The molecule has 1 aliphatic heterocycles. The Morgan fingerprint density at radius 3 is 2.10 bits per heavy atom. The largest absolute Gasteiger partial charge is 0.399 e. The Balaban J connectivity index is 0.00000180. The SMILES string of the molecule is CN(C)C(=O)C1CCN(c2ccc(N)cc2)CC1.Cl.Cl. The molecule has 1 aliphatic rings. The van der Waals surface area contributed by atoms with E-state index >= 15 is 0 Å². The van der Waals surface area contributed by atoms with E-state index in [-0.39, 0.29) is 36.6 Å². The number of nitrogen functional groups attached to an aromatic ring is 1. The lowest BCUT2D eigenvalue weighted by atomic mass is 9.95. The van der Waals surface area contributed by atoms with Gasteiger partial charge in [-0.15, -0.1) is 24.8 Å². The molecule has 0 atom stereocenters. The van der Waals surface area contributed by atoms with Crippen LogP contribution in [0.5, 0.6) is 0 Å². The van der Waals surface area contributed by atoms with Crippen LogP contribution in [0.1, 0.15) is 12.8 Å². The van der Waals surface area contributed by atoms with E-state index in [0.29, 0.717) is 0 Å². The van der Waals surface area contributed by atoms with Crippen LogP contribution in [0, 0.1) is 5.92 Å². The summed E-state index contributed by atoms with van der Waals surface area (Å²) >= 11 is 0. The fraction of sp³-hybridized carbons (Fsp3) is 0.500. The predicted octanol–water partition coefficient (Wildman–Crippen LogP) is 2.42. The number of carbonyl (C=O) groups is 1. The van der Waals surface area contributed by atoms with Crippen LogP contribution in [0.15, 0.2) is 24.3 Å². The van der Waals surface area contributed by atoms with Gasteiger partial charge in [0.25, 0.3) is 0 Å². The van der Waals surface area contributed by atoms with Gasteiger partial charge in [-0.2, -0.15) is 0 Å². The summed E-state index contributed by atoms with van der Waals surface area (Å²) < 4.78 is 0. The minimum absolute atomic E-state index is 0. The van der Waals surface area contributed by atoms with Crippen LogP contribution in [-0.4, -0.2) is 38.0 Å². The molecular weight excluding hydrogens is 297 g/mol. The molecule has 1 fully saturated rings. The molecular formula is C14H23Cl2N3O. The third-order valence-electron chi connectivity index (χ3n) is 3.54. The molecule has 1 heterocycles. The molecule has 0 spiro atoms. The zero-order chi connectivity index (χ0) is 13.1. The molecule has 0 aliphatic carbocycles. The first kappa shape index (κ1) is 18.9. The van der Waals surface area contributed by atoms with Crippen molar-refractivity contribution >= 4 is 42.1 Å². The topological polar surface area (TPSA) is 49.6 Å². The average Bonchev–Trinajstić information content (AvgIpc) is 2.39. The average molecular weight is 320 g/mol. The third kappa shape index (κ3) is 4.46. The summed E-state index contributed by atoms with van der Waals surface area (Å²) in [6, 6.07) is 7.94. The first-order valence-corrected chi connectivity index (χ1v) is 6.39. The van der Waals surface area contributed by atoms with Gasteiger partial charge in [-0.1, -0.05) is 0 Å². The molecule has 2 N–H and O–H groups in total. The molecule has 1 saturated heterocycles. The van der Waals surface area contributed by atoms with E-state index in [0.717, 1.165) is 31.6 Å². The van der Waals surface area contributed by atoms with Crippen molar-refractivity contribution in [2.75, 3.05) is 37.8 Å². The van der Waals surface area contributed by atoms with Crippen LogP contribution in [0.2, 0.25) is 0 Å². The molecule has 1 aromatic carbocycles. The standard InChI is InChI=1S/C14H21N3O.2ClH/c1-16(2)14(18)11-7-9-17(10-8-11)13-5-3-12(15)4-6-13;;/h3-6,11H,7-10,15H2,1-2H3;2*1H. The molecule has 0 unspecified atom stereocenters. The summed E-state index contributed by atoms with van der Waals surface area (Å²) in [6.45, 7) is 1.88. The number of benzene rings is 1. The molecule has 0 saturated carbocycles. The number of nitrogens with two attached hydrogens (primary N) is 1. The van der Waals surface area contributed by atoms with E-state index in [1.165, 1.54) is 5.69 Å². The van der Waals surface area contributed by atoms with Crippen molar-refractivity contribution in [3.05, 3.63) is 24.3 Å². The van der Waals surface area contributed by atoms with Crippen LogP contribution in [0.25, 0.3) is 0 Å². The Bertz CT molecular complexity index is 415. The van der Waals surface area contributed by atoms with E-state index in [1.807, 2.05) is 38.4 Å². The number of halogens is 2. The molecule has 0 bridgehead atoms. The van der Waals surface area contributed by atoms with Crippen LogP contribution in [0.3, 0.4) is 0 Å². The van der Waals surface area contributed by atoms with E-state index in [9.17, 15) is 4.79 Å². The smallest absolute Gasteiger partial charge is 0.225 e. The second-order valence-electron chi connectivity index (χ2n) is 5.09. The lowest BCUT2D eigenvalue weighted by Crippen LogP contribution is -2.40. The van der Waals surface area contributed by atoms with Gasteiger partial charge in [0.2, 0.25) is 5.91 Å². The van der Waals surface area contributed by atoms with Gasteiger partial charge >= 0.3 is 0 Å². The molecule has 2 rings (SSSR count). The first-order valence-electron chi connectivity index (χ1n) is 6.39. The summed E-state index contributed by atoms with van der Waals surface area (Å²) in [5.74, 6) is 0.442. The van der Waals surface area contributed by atoms with Crippen LogP contribution in [0.4, 0.5) is 11.4 Å². The summed E-state index contributed by atoms with van der Waals surface area (Å²) in [5.41, 5.74) is 7.67. The number of hydrogen-bond donors (Lipinski definition) is 1. The highest BCUT2D eigenvalue weighted by Gasteiger charge is 2.25. The highest BCUT2D eigenvalue weighted by molar-refractivity contribution is 5.85. The number of rotatable bonds is 2. The normalized spacial score (nSPS) is 15.0. The minimum atomic E-state index is 0. The molecule has 4 nitrogen and oxygen atoms in total. The van der Waals surface area contributed by atoms with Crippen molar-refractivity contribution < 1.29 is 4.79 Å². The lowest BCUT2D eigenvalue weighted by molar-refractivity contribution is -0.133. The number of anilines is 2. The summed E-state index contributed by atoms with van der Waals surface area (Å²) in [4.78, 5) is 15.9. The van der Waals surface area contributed by atoms with Crippen LogP contribution >= 0.6 is 24.8 Å². The van der Waals surface area contributed by atoms with E-state index in [1.54, 1.807) is 4.90 Å². The van der Waals surface area contributed by atoms with Crippen molar-refractivity contribution in [2.24, 2.45) is 5.92 Å². The fourth-order valence-electron chi connectivity index (χ4n) is 2.43. The second-order valence-corrected chi connectivity index (χ2v) is 5.09. The second kappa shape index (κ2) is 8.22. The molecule has 0 aromatic heterocycles.